The van der Waals surface area contributed by atoms with Crippen LogP contribution in [0.3, 0.4) is 0 Å². The Morgan fingerprint density at radius 1 is 1.00 bits per heavy atom. The highest BCUT2D eigenvalue weighted by Gasteiger charge is 2.52. The fourth-order valence-electron chi connectivity index (χ4n) is 4.15. The van der Waals surface area contributed by atoms with Gasteiger partial charge in [-0.1, -0.05) is 18.2 Å². The molecule has 4 rings (SSSR count). The summed E-state index contributed by atoms with van der Waals surface area (Å²) in [4.78, 5) is 42.6. The Morgan fingerprint density at radius 2 is 1.62 bits per heavy atom. The van der Waals surface area contributed by atoms with Crippen molar-refractivity contribution in [1.29, 1.82) is 0 Å². The summed E-state index contributed by atoms with van der Waals surface area (Å²) >= 11 is 0. The molecule has 0 radical (unpaired) electrons. The molecule has 1 aromatic heterocycles. The van der Waals surface area contributed by atoms with E-state index < -0.39 is 56.5 Å². The average molecular weight is 589 g/mol. The number of hydrogen-bond acceptors (Lipinski definition) is 7. The molecule has 0 N–H and O–H groups in total. The molecule has 40 heavy (non-hydrogen) atoms. The number of carbonyl (C=O) groups excluding carboxylic acids is 3. The molecular formula is C24H17F6N3O6S. The minimum Gasteiger partial charge on any atom is -0.453 e. The van der Waals surface area contributed by atoms with Gasteiger partial charge in [-0.15, -0.1) is 0 Å². The fraction of sp³-hybridized carbons (Fsp3) is 0.250. The molecule has 2 atom stereocenters. The summed E-state index contributed by atoms with van der Waals surface area (Å²) in [6, 6.07) is 7.88. The standard InChI is InChI=1S/C24H17F6N3O6S/c1-13(39-21(35)23(25,26)27)19-20(34)33(15-6-8-16(9-7-15)40(37,38)24(28,29)30)22(36)32(19)12-14-10-11-31-18-5-3-2-4-17(14)18/h2-11,13,19H,12H2,1H3/t13?,19-/m1/s1. The van der Waals surface area contributed by atoms with E-state index >= 15 is 0 Å². The number of rotatable bonds is 6. The van der Waals surface area contributed by atoms with Gasteiger partial charge in [0.1, 0.15) is 6.10 Å². The van der Waals surface area contributed by atoms with E-state index in [1.807, 2.05) is 0 Å². The highest BCUT2D eigenvalue weighted by Crippen LogP contribution is 2.34. The summed E-state index contributed by atoms with van der Waals surface area (Å²) in [5.74, 6) is -3.76. The van der Waals surface area contributed by atoms with E-state index in [0.29, 0.717) is 33.5 Å². The molecule has 3 amide bonds. The van der Waals surface area contributed by atoms with Gasteiger partial charge in [-0.25, -0.2) is 22.9 Å². The molecule has 0 spiro atoms. The quantitative estimate of drug-likeness (QED) is 0.239. The molecular weight excluding hydrogens is 572 g/mol. The van der Waals surface area contributed by atoms with Crippen LogP contribution in [0, 0.1) is 0 Å². The van der Waals surface area contributed by atoms with Gasteiger partial charge in [0.15, 0.2) is 6.04 Å². The van der Waals surface area contributed by atoms with Crippen LogP contribution in [-0.4, -0.2) is 60.0 Å². The van der Waals surface area contributed by atoms with Gasteiger partial charge in [0.05, 0.1) is 16.1 Å². The third-order valence-electron chi connectivity index (χ3n) is 6.01. The van der Waals surface area contributed by atoms with Crippen molar-refractivity contribution < 1.29 is 53.9 Å². The zero-order valence-electron chi connectivity index (χ0n) is 20.1. The summed E-state index contributed by atoms with van der Waals surface area (Å²) in [6.07, 6.45) is -5.81. The number of nitrogens with zero attached hydrogens (tertiary/aromatic N) is 3. The summed E-state index contributed by atoms with van der Waals surface area (Å²) in [5.41, 5.74) is -5.04. The van der Waals surface area contributed by atoms with Crippen molar-refractivity contribution in [1.82, 2.24) is 9.88 Å². The average Bonchev–Trinajstić information content (AvgIpc) is 3.12. The normalized spacial score (nSPS) is 17.4. The van der Waals surface area contributed by atoms with Gasteiger partial charge in [0, 0.05) is 18.1 Å². The Morgan fingerprint density at radius 3 is 2.23 bits per heavy atom. The number of benzene rings is 2. The van der Waals surface area contributed by atoms with Gasteiger partial charge in [-0.05, 0) is 48.9 Å². The zero-order chi connectivity index (χ0) is 29.6. The number of pyridine rings is 1. The van der Waals surface area contributed by atoms with E-state index in [0.717, 1.165) is 24.0 Å². The van der Waals surface area contributed by atoms with E-state index in [9.17, 15) is 49.1 Å². The Labute approximate surface area is 221 Å². The number of urea groups is 1. The van der Waals surface area contributed by atoms with Crippen molar-refractivity contribution in [3.05, 3.63) is 66.4 Å². The van der Waals surface area contributed by atoms with Crippen LogP contribution in [0.15, 0.2) is 65.7 Å². The predicted molar refractivity (Wildman–Crippen MR) is 125 cm³/mol. The third kappa shape index (κ3) is 5.17. The summed E-state index contributed by atoms with van der Waals surface area (Å²) in [5, 5.41) is 0.545. The van der Waals surface area contributed by atoms with Crippen LogP contribution < -0.4 is 4.90 Å². The van der Waals surface area contributed by atoms with Crippen LogP contribution in [0.4, 0.5) is 36.8 Å². The van der Waals surface area contributed by atoms with Crippen molar-refractivity contribution in [2.75, 3.05) is 4.90 Å². The number of aromatic nitrogens is 1. The summed E-state index contributed by atoms with van der Waals surface area (Å²) in [6.45, 7) is 0.614. The first-order valence-corrected chi connectivity index (χ1v) is 12.7. The predicted octanol–water partition coefficient (Wildman–Crippen LogP) is 4.36. The molecule has 16 heteroatoms. The third-order valence-corrected chi connectivity index (χ3v) is 7.51. The van der Waals surface area contributed by atoms with Crippen LogP contribution in [0.1, 0.15) is 12.5 Å². The maximum Gasteiger partial charge on any atom is 0.501 e. The Bertz CT molecular complexity index is 1590. The highest BCUT2D eigenvalue weighted by molar-refractivity contribution is 7.92. The smallest absolute Gasteiger partial charge is 0.453 e. The van der Waals surface area contributed by atoms with Crippen LogP contribution in [0.25, 0.3) is 10.9 Å². The molecule has 9 nitrogen and oxygen atoms in total. The van der Waals surface area contributed by atoms with Gasteiger partial charge in [0.2, 0.25) is 0 Å². The number of amides is 3. The molecule has 1 saturated heterocycles. The van der Waals surface area contributed by atoms with E-state index in [2.05, 4.69) is 9.72 Å². The fourth-order valence-corrected chi connectivity index (χ4v) is 4.91. The van der Waals surface area contributed by atoms with Crippen LogP contribution in [0.2, 0.25) is 0 Å². The number of fused-ring (bicyclic) bond motifs is 1. The molecule has 2 heterocycles. The maximum atomic E-state index is 13.4. The highest BCUT2D eigenvalue weighted by atomic mass is 32.2. The van der Waals surface area contributed by atoms with Crippen molar-refractivity contribution in [3.8, 4) is 0 Å². The molecule has 1 aliphatic heterocycles. The molecule has 1 unspecified atom stereocenters. The Balaban J connectivity index is 1.74. The molecule has 3 aromatic rings. The molecule has 0 bridgehead atoms. The van der Waals surface area contributed by atoms with Gasteiger partial charge in [0.25, 0.3) is 15.7 Å². The number of para-hydroxylation sites is 1. The molecule has 212 valence electrons. The molecule has 0 aliphatic carbocycles. The number of sulfone groups is 1. The topological polar surface area (TPSA) is 114 Å². The van der Waals surface area contributed by atoms with Crippen molar-refractivity contribution >= 4 is 44.3 Å². The number of imide groups is 1. The maximum absolute atomic E-state index is 13.4. The number of esters is 1. The van der Waals surface area contributed by atoms with E-state index in [4.69, 9.17) is 0 Å². The molecule has 2 aromatic carbocycles. The lowest BCUT2D eigenvalue weighted by Crippen LogP contribution is -2.45. The van der Waals surface area contributed by atoms with Gasteiger partial charge < -0.3 is 9.64 Å². The number of ether oxygens (including phenoxy) is 1. The monoisotopic (exact) mass is 589 g/mol. The largest absolute Gasteiger partial charge is 0.501 e. The van der Waals surface area contributed by atoms with E-state index in [-0.39, 0.29) is 12.2 Å². The molecule has 1 aliphatic rings. The van der Waals surface area contributed by atoms with Crippen molar-refractivity contribution in [2.24, 2.45) is 0 Å². The lowest BCUT2D eigenvalue weighted by atomic mass is 10.1. The SMILES string of the molecule is CC(OC(=O)C(F)(F)F)[C@@H]1C(=O)N(c2ccc(S(=O)(=O)C(F)(F)F)cc2)C(=O)N1Cc1ccnc2ccccc12. The first kappa shape index (κ1) is 28.8. The van der Waals surface area contributed by atoms with E-state index in [1.54, 1.807) is 24.3 Å². The second-order valence-electron chi connectivity index (χ2n) is 8.57. The second-order valence-corrected chi connectivity index (χ2v) is 10.5. The number of halogens is 6. The Kier molecular flexibility index (Phi) is 7.25. The van der Waals surface area contributed by atoms with Crippen molar-refractivity contribution in [3.63, 3.8) is 0 Å². The number of anilines is 1. The number of hydrogen-bond donors (Lipinski definition) is 0. The minimum atomic E-state index is -5.74. The molecule has 1 fully saturated rings. The van der Waals surface area contributed by atoms with Crippen molar-refractivity contribution in [2.45, 2.75) is 42.2 Å². The van der Waals surface area contributed by atoms with Gasteiger partial charge >= 0.3 is 23.7 Å². The van der Waals surface area contributed by atoms with Crippen LogP contribution in [-0.2, 0) is 30.7 Å². The van der Waals surface area contributed by atoms with Crippen LogP contribution in [0.5, 0.6) is 0 Å². The number of carbonyl (C=O) groups is 3. The van der Waals surface area contributed by atoms with E-state index in [1.165, 1.54) is 12.3 Å². The summed E-state index contributed by atoms with van der Waals surface area (Å²) in [7, 11) is -5.74. The van der Waals surface area contributed by atoms with Gasteiger partial charge in [-0.2, -0.15) is 26.3 Å². The van der Waals surface area contributed by atoms with Crippen LogP contribution >= 0.6 is 0 Å². The van der Waals surface area contributed by atoms with Gasteiger partial charge in [-0.3, -0.25) is 9.78 Å². The zero-order valence-corrected chi connectivity index (χ0v) is 20.9. The first-order valence-electron chi connectivity index (χ1n) is 11.2. The Hall–Kier alpha value is -4.21. The first-order chi connectivity index (χ1) is 18.5. The number of alkyl halides is 6. The minimum absolute atomic E-state index is 0.358. The second kappa shape index (κ2) is 10.1. The lowest BCUT2D eigenvalue weighted by molar-refractivity contribution is -0.206. The summed E-state index contributed by atoms with van der Waals surface area (Å²) < 4.78 is 105. The lowest BCUT2D eigenvalue weighted by Gasteiger charge is -2.27. The molecule has 0 saturated carbocycles.